The molecule has 0 fully saturated rings. The Morgan fingerprint density at radius 3 is 1.61 bits per heavy atom. The summed E-state index contributed by atoms with van der Waals surface area (Å²) in [5, 5.41) is 0. The smallest absolute Gasteiger partial charge is 0.319 e. The van der Waals surface area contributed by atoms with Crippen LogP contribution in [0.15, 0.2) is 18.2 Å². The summed E-state index contributed by atoms with van der Waals surface area (Å²) >= 11 is 0. The molecule has 0 aromatic heterocycles. The largest absolute Gasteiger partial charge is 0.455 e. The Kier molecular flexibility index (Phi) is 5.01. The lowest BCUT2D eigenvalue weighted by Crippen LogP contribution is -2.45. The fourth-order valence-corrected chi connectivity index (χ4v) is 1.14. The molecule has 0 aliphatic carbocycles. The Labute approximate surface area is 103 Å². The van der Waals surface area contributed by atoms with Crippen LogP contribution < -0.4 is 5.73 Å². The number of halogens is 8. The van der Waals surface area contributed by atoms with E-state index in [9.17, 15) is 30.7 Å². The molecule has 0 bridgehead atoms. The molecule has 0 unspecified atom stereocenters. The van der Waals surface area contributed by atoms with Crippen molar-refractivity contribution in [1.29, 1.82) is 0 Å². The van der Waals surface area contributed by atoms with Crippen LogP contribution in [0.25, 0.3) is 0 Å². The van der Waals surface area contributed by atoms with E-state index < -0.39 is 35.3 Å². The van der Waals surface area contributed by atoms with Gasteiger partial charge in [-0.2, -0.15) is 22.0 Å². The van der Waals surface area contributed by atoms with Crippen molar-refractivity contribution in [2.24, 2.45) is 5.73 Å². The zero-order chi connectivity index (χ0) is 13.4. The highest BCUT2D eigenvalue weighted by Crippen LogP contribution is 2.43. The topological polar surface area (TPSA) is 26.0 Å². The Morgan fingerprint density at radius 2 is 1.28 bits per heavy atom. The first-order chi connectivity index (χ1) is 7.55. The average molecular weight is 298 g/mol. The fourth-order valence-electron chi connectivity index (χ4n) is 1.14. The summed E-state index contributed by atoms with van der Waals surface area (Å²) in [6.07, 6.45) is -5.89. The minimum atomic E-state index is -5.89. The summed E-state index contributed by atoms with van der Waals surface area (Å²) in [6, 6.07) is -1.88. The molecule has 0 amide bonds. The van der Waals surface area contributed by atoms with E-state index in [-0.39, 0.29) is 12.4 Å². The summed E-state index contributed by atoms with van der Waals surface area (Å²) < 4.78 is 86.7. The van der Waals surface area contributed by atoms with Crippen LogP contribution in [-0.2, 0) is 0 Å². The second-order valence-corrected chi connectivity index (χ2v) is 3.30. The normalized spacial score (nSPS) is 14.0. The minimum absolute atomic E-state index is 0. The van der Waals surface area contributed by atoms with Gasteiger partial charge in [-0.25, -0.2) is 8.78 Å². The van der Waals surface area contributed by atoms with Gasteiger partial charge in [0.2, 0.25) is 0 Å². The number of nitrogens with two attached hydrogens (primary N) is 1. The summed E-state index contributed by atoms with van der Waals surface area (Å²) in [5.41, 5.74) is 3.73. The van der Waals surface area contributed by atoms with Crippen molar-refractivity contribution in [3.05, 3.63) is 35.4 Å². The van der Waals surface area contributed by atoms with Gasteiger partial charge in [0.05, 0.1) is 0 Å². The van der Waals surface area contributed by atoms with Crippen LogP contribution in [0.3, 0.4) is 0 Å². The van der Waals surface area contributed by atoms with Crippen molar-refractivity contribution in [3.8, 4) is 0 Å². The Balaban J connectivity index is 0.00000289. The fraction of sp³-hybridized carbons (Fsp3) is 0.333. The molecule has 0 aliphatic rings. The lowest BCUT2D eigenvalue weighted by Gasteiger charge is -2.25. The van der Waals surface area contributed by atoms with E-state index in [0.29, 0.717) is 18.2 Å². The van der Waals surface area contributed by atoms with Crippen molar-refractivity contribution in [3.63, 3.8) is 0 Å². The quantitative estimate of drug-likeness (QED) is 0.830. The highest BCUT2D eigenvalue weighted by molar-refractivity contribution is 5.85. The standard InChI is InChI=1S/C9H6F7N.ClH/c10-5-1-4(2-6(11)3-5)7(17)8(12,13)9(14,15)16;/h1-3,7H,17H2;1H/t7-;/m0./s1. The summed E-state index contributed by atoms with van der Waals surface area (Å²) in [5.74, 6) is -7.84. The monoisotopic (exact) mass is 297 g/mol. The van der Waals surface area contributed by atoms with Crippen LogP contribution in [0.2, 0.25) is 0 Å². The van der Waals surface area contributed by atoms with Crippen molar-refractivity contribution in [2.75, 3.05) is 0 Å². The molecule has 1 rings (SSSR count). The van der Waals surface area contributed by atoms with E-state index >= 15 is 0 Å². The zero-order valence-electron chi connectivity index (χ0n) is 8.44. The predicted octanol–water partition coefficient (Wildman–Crippen LogP) is 3.58. The first-order valence-electron chi connectivity index (χ1n) is 4.22. The van der Waals surface area contributed by atoms with Gasteiger partial charge in [-0.3, -0.25) is 0 Å². The molecule has 0 radical (unpaired) electrons. The van der Waals surface area contributed by atoms with Gasteiger partial charge in [-0.1, -0.05) is 0 Å². The molecule has 0 aliphatic heterocycles. The molecular formula is C9H7ClF7N. The third-order valence-corrected chi connectivity index (χ3v) is 2.01. The van der Waals surface area contributed by atoms with Gasteiger partial charge in [0.15, 0.2) is 0 Å². The maximum Gasteiger partial charge on any atom is 0.455 e. The first-order valence-corrected chi connectivity index (χ1v) is 4.22. The van der Waals surface area contributed by atoms with Crippen molar-refractivity contribution >= 4 is 12.4 Å². The third kappa shape index (κ3) is 3.26. The number of hydrogen-bond acceptors (Lipinski definition) is 1. The van der Waals surface area contributed by atoms with Gasteiger partial charge in [-0.05, 0) is 17.7 Å². The number of rotatable bonds is 2. The van der Waals surface area contributed by atoms with Crippen LogP contribution in [0.1, 0.15) is 11.6 Å². The molecule has 9 heteroatoms. The molecule has 0 spiro atoms. The van der Waals surface area contributed by atoms with Crippen LogP contribution in [0.4, 0.5) is 30.7 Å². The number of hydrogen-bond donors (Lipinski definition) is 1. The number of alkyl halides is 5. The second kappa shape index (κ2) is 5.31. The molecule has 0 saturated carbocycles. The molecule has 1 atom stereocenters. The van der Waals surface area contributed by atoms with E-state index in [0.717, 1.165) is 0 Å². The van der Waals surface area contributed by atoms with Gasteiger partial charge in [0, 0.05) is 6.07 Å². The number of benzene rings is 1. The van der Waals surface area contributed by atoms with Crippen LogP contribution in [-0.4, -0.2) is 12.1 Å². The van der Waals surface area contributed by atoms with Crippen molar-refractivity contribution in [2.45, 2.75) is 18.1 Å². The van der Waals surface area contributed by atoms with Gasteiger partial charge in [-0.15, -0.1) is 12.4 Å². The highest BCUT2D eigenvalue weighted by Gasteiger charge is 2.61. The predicted molar refractivity (Wildman–Crippen MR) is 51.5 cm³/mol. The lowest BCUT2D eigenvalue weighted by molar-refractivity contribution is -0.291. The van der Waals surface area contributed by atoms with Crippen molar-refractivity contribution in [1.82, 2.24) is 0 Å². The van der Waals surface area contributed by atoms with Crippen molar-refractivity contribution < 1.29 is 30.7 Å². The van der Waals surface area contributed by atoms with E-state index in [1.807, 2.05) is 0 Å². The van der Waals surface area contributed by atoms with Gasteiger partial charge >= 0.3 is 12.1 Å². The zero-order valence-corrected chi connectivity index (χ0v) is 9.26. The van der Waals surface area contributed by atoms with E-state index in [4.69, 9.17) is 5.73 Å². The van der Waals surface area contributed by atoms with Crippen LogP contribution in [0.5, 0.6) is 0 Å². The summed E-state index contributed by atoms with van der Waals surface area (Å²) in [6.45, 7) is 0. The maximum atomic E-state index is 12.8. The minimum Gasteiger partial charge on any atom is -0.319 e. The highest BCUT2D eigenvalue weighted by atomic mass is 35.5. The van der Waals surface area contributed by atoms with Gasteiger partial charge in [0.25, 0.3) is 0 Å². The molecule has 1 aromatic carbocycles. The molecule has 1 aromatic rings. The van der Waals surface area contributed by atoms with E-state index in [2.05, 4.69) is 0 Å². The summed E-state index contributed by atoms with van der Waals surface area (Å²) in [4.78, 5) is 0. The molecule has 18 heavy (non-hydrogen) atoms. The molecular weight excluding hydrogens is 291 g/mol. The van der Waals surface area contributed by atoms with Gasteiger partial charge in [0.1, 0.15) is 17.7 Å². The molecule has 1 nitrogen and oxygen atoms in total. The molecule has 2 N–H and O–H groups in total. The average Bonchev–Trinajstić information content (AvgIpc) is 2.13. The van der Waals surface area contributed by atoms with E-state index in [1.165, 1.54) is 0 Å². The Bertz CT molecular complexity index is 398. The van der Waals surface area contributed by atoms with E-state index in [1.54, 1.807) is 0 Å². The van der Waals surface area contributed by atoms with Crippen LogP contribution >= 0.6 is 12.4 Å². The SMILES string of the molecule is Cl.N[C@@H](c1cc(F)cc(F)c1)C(F)(F)C(F)(F)F. The summed E-state index contributed by atoms with van der Waals surface area (Å²) in [7, 11) is 0. The third-order valence-electron chi connectivity index (χ3n) is 2.01. The lowest BCUT2D eigenvalue weighted by atomic mass is 10.0. The Morgan fingerprint density at radius 1 is 0.889 bits per heavy atom. The van der Waals surface area contributed by atoms with Crippen LogP contribution in [0, 0.1) is 11.6 Å². The maximum absolute atomic E-state index is 12.8. The second-order valence-electron chi connectivity index (χ2n) is 3.30. The van der Waals surface area contributed by atoms with Gasteiger partial charge < -0.3 is 5.73 Å². The molecule has 0 saturated heterocycles. The Hall–Kier alpha value is -1.02. The first kappa shape index (κ1) is 17.0. The molecule has 104 valence electrons. The molecule has 0 heterocycles.